The monoisotopic (exact) mass is 211 g/mol. The summed E-state index contributed by atoms with van der Waals surface area (Å²) in [4.78, 5) is 6.50. The summed E-state index contributed by atoms with van der Waals surface area (Å²) in [5.41, 5.74) is 1.10. The van der Waals surface area contributed by atoms with Crippen molar-refractivity contribution in [1.29, 1.82) is 0 Å². The molecular weight excluding hydrogens is 198 g/mol. The first kappa shape index (κ1) is 9.59. The molecule has 4 heteroatoms. The van der Waals surface area contributed by atoms with Gasteiger partial charge in [0.15, 0.2) is 5.82 Å². The largest absolute Gasteiger partial charge is 0.380 e. The maximum absolute atomic E-state index is 5.87. The van der Waals surface area contributed by atoms with Gasteiger partial charge in [-0.1, -0.05) is 11.6 Å². The Morgan fingerprint density at radius 1 is 1.57 bits per heavy atom. The molecule has 0 fully saturated rings. The molecule has 0 amide bonds. The lowest BCUT2D eigenvalue weighted by Crippen LogP contribution is -2.50. The quantitative estimate of drug-likeness (QED) is 0.714. The Kier molecular flexibility index (Phi) is 2.07. The molecule has 1 aliphatic rings. The van der Waals surface area contributed by atoms with E-state index in [0.29, 0.717) is 5.02 Å². The maximum Gasteiger partial charge on any atom is 0.152 e. The molecule has 3 nitrogen and oxygen atoms in total. The molecule has 0 saturated carbocycles. The molecule has 2 rings (SSSR count). The number of hydrogen-bond donors (Lipinski definition) is 1. The fraction of sp³-hybridized carbons (Fsp3) is 0.500. The highest BCUT2D eigenvalue weighted by Gasteiger charge is 2.30. The molecule has 0 unspecified atom stereocenters. The van der Waals surface area contributed by atoms with Crippen LogP contribution in [0.4, 0.5) is 11.5 Å². The topological polar surface area (TPSA) is 28.2 Å². The van der Waals surface area contributed by atoms with E-state index in [1.54, 1.807) is 6.20 Å². The van der Waals surface area contributed by atoms with E-state index >= 15 is 0 Å². The third-order valence-electron chi connectivity index (χ3n) is 2.77. The third-order valence-corrected chi connectivity index (χ3v) is 2.98. The first-order valence-electron chi connectivity index (χ1n) is 4.64. The molecular formula is C10H14ClN3. The van der Waals surface area contributed by atoms with Crippen molar-refractivity contribution in [2.24, 2.45) is 0 Å². The van der Waals surface area contributed by atoms with Gasteiger partial charge in [-0.15, -0.1) is 0 Å². The SMILES string of the molecule is CN1c2ncc(Cl)cc2NCC1(C)C. The van der Waals surface area contributed by atoms with E-state index in [1.807, 2.05) is 6.07 Å². The number of nitrogens with zero attached hydrogens (tertiary/aromatic N) is 2. The molecule has 1 aromatic heterocycles. The lowest BCUT2D eigenvalue weighted by atomic mass is 10.0. The zero-order valence-corrected chi connectivity index (χ0v) is 9.39. The highest BCUT2D eigenvalue weighted by atomic mass is 35.5. The molecule has 0 bridgehead atoms. The molecule has 0 aliphatic carbocycles. The second kappa shape index (κ2) is 3.02. The Balaban J connectivity index is 2.46. The molecule has 0 spiro atoms. The number of likely N-dealkylation sites (N-methyl/N-ethyl adjacent to an activating group) is 1. The fourth-order valence-electron chi connectivity index (χ4n) is 1.55. The standard InChI is InChI=1S/C10H14ClN3/c1-10(2)6-13-8-4-7(11)5-12-9(8)14(10)3/h4-5,13H,6H2,1-3H3. The van der Waals surface area contributed by atoms with Gasteiger partial charge in [-0.25, -0.2) is 4.98 Å². The van der Waals surface area contributed by atoms with Crippen LogP contribution in [0.15, 0.2) is 12.3 Å². The first-order chi connectivity index (χ1) is 6.50. The molecule has 0 radical (unpaired) electrons. The Morgan fingerprint density at radius 3 is 3.00 bits per heavy atom. The first-order valence-corrected chi connectivity index (χ1v) is 5.02. The number of rotatable bonds is 0. The van der Waals surface area contributed by atoms with Gasteiger partial charge in [0.1, 0.15) is 0 Å². The van der Waals surface area contributed by atoms with Crippen LogP contribution in [0.25, 0.3) is 0 Å². The van der Waals surface area contributed by atoms with Gasteiger partial charge in [-0.2, -0.15) is 0 Å². The molecule has 0 saturated heterocycles. The van der Waals surface area contributed by atoms with Gasteiger partial charge < -0.3 is 10.2 Å². The summed E-state index contributed by atoms with van der Waals surface area (Å²) in [6.07, 6.45) is 1.68. The molecule has 14 heavy (non-hydrogen) atoms. The normalized spacial score (nSPS) is 18.7. The van der Waals surface area contributed by atoms with Gasteiger partial charge >= 0.3 is 0 Å². The van der Waals surface area contributed by atoms with Crippen molar-refractivity contribution in [2.75, 3.05) is 23.8 Å². The van der Waals surface area contributed by atoms with Crippen LogP contribution in [0.2, 0.25) is 5.02 Å². The summed E-state index contributed by atoms with van der Waals surface area (Å²) < 4.78 is 0. The number of fused-ring (bicyclic) bond motifs is 1. The van der Waals surface area contributed by atoms with E-state index in [0.717, 1.165) is 18.1 Å². The van der Waals surface area contributed by atoms with Crippen molar-refractivity contribution in [3.05, 3.63) is 17.3 Å². The minimum absolute atomic E-state index is 0.0911. The van der Waals surface area contributed by atoms with Gasteiger partial charge in [-0.05, 0) is 19.9 Å². The van der Waals surface area contributed by atoms with Crippen molar-refractivity contribution < 1.29 is 0 Å². The summed E-state index contributed by atoms with van der Waals surface area (Å²) in [7, 11) is 2.06. The predicted molar refractivity (Wildman–Crippen MR) is 60.2 cm³/mol. The lowest BCUT2D eigenvalue weighted by Gasteiger charge is -2.42. The van der Waals surface area contributed by atoms with E-state index in [2.05, 4.69) is 36.1 Å². The Labute approximate surface area is 89.1 Å². The van der Waals surface area contributed by atoms with Gasteiger partial charge in [0.05, 0.1) is 16.2 Å². The van der Waals surface area contributed by atoms with Crippen LogP contribution in [-0.2, 0) is 0 Å². The van der Waals surface area contributed by atoms with Gasteiger partial charge in [0.25, 0.3) is 0 Å². The number of halogens is 1. The van der Waals surface area contributed by atoms with Crippen LogP contribution >= 0.6 is 11.6 Å². The second-order valence-corrected chi connectivity index (χ2v) is 4.69. The highest BCUT2D eigenvalue weighted by Crippen LogP contribution is 2.33. The predicted octanol–water partition coefficient (Wildman–Crippen LogP) is 2.38. The van der Waals surface area contributed by atoms with Crippen molar-refractivity contribution in [1.82, 2.24) is 4.98 Å². The van der Waals surface area contributed by atoms with Crippen LogP contribution in [0.5, 0.6) is 0 Å². The average molecular weight is 212 g/mol. The number of pyridine rings is 1. The lowest BCUT2D eigenvalue weighted by molar-refractivity contribution is 0.498. The number of aromatic nitrogens is 1. The minimum Gasteiger partial charge on any atom is -0.380 e. The summed E-state index contributed by atoms with van der Waals surface area (Å²) >= 11 is 5.87. The van der Waals surface area contributed by atoms with Gasteiger partial charge in [0.2, 0.25) is 0 Å². The molecule has 0 aromatic carbocycles. The second-order valence-electron chi connectivity index (χ2n) is 4.25. The molecule has 76 valence electrons. The Hall–Kier alpha value is -0.960. The summed E-state index contributed by atoms with van der Waals surface area (Å²) in [5.74, 6) is 0.964. The number of hydrogen-bond acceptors (Lipinski definition) is 3. The Morgan fingerprint density at radius 2 is 2.29 bits per heavy atom. The molecule has 2 heterocycles. The van der Waals surface area contributed by atoms with Crippen molar-refractivity contribution >= 4 is 23.1 Å². The van der Waals surface area contributed by atoms with Gasteiger partial charge in [0, 0.05) is 19.8 Å². The van der Waals surface area contributed by atoms with E-state index in [1.165, 1.54) is 0 Å². The van der Waals surface area contributed by atoms with Gasteiger partial charge in [-0.3, -0.25) is 0 Å². The third kappa shape index (κ3) is 1.42. The summed E-state index contributed by atoms with van der Waals surface area (Å²) in [5, 5.41) is 4.01. The number of anilines is 2. The van der Waals surface area contributed by atoms with E-state index < -0.39 is 0 Å². The van der Waals surface area contributed by atoms with Crippen molar-refractivity contribution in [3.8, 4) is 0 Å². The molecule has 0 atom stereocenters. The van der Waals surface area contributed by atoms with Crippen molar-refractivity contribution in [2.45, 2.75) is 19.4 Å². The van der Waals surface area contributed by atoms with E-state index in [9.17, 15) is 0 Å². The van der Waals surface area contributed by atoms with E-state index in [-0.39, 0.29) is 5.54 Å². The fourth-order valence-corrected chi connectivity index (χ4v) is 1.70. The van der Waals surface area contributed by atoms with Crippen LogP contribution < -0.4 is 10.2 Å². The minimum atomic E-state index is 0.0911. The summed E-state index contributed by atoms with van der Waals surface area (Å²) in [6, 6.07) is 1.91. The van der Waals surface area contributed by atoms with Crippen LogP contribution in [0.1, 0.15) is 13.8 Å². The molecule has 1 aromatic rings. The van der Waals surface area contributed by atoms with E-state index in [4.69, 9.17) is 11.6 Å². The zero-order chi connectivity index (χ0) is 10.3. The number of nitrogens with one attached hydrogen (secondary N) is 1. The molecule has 1 N–H and O–H groups in total. The Bertz CT molecular complexity index is 362. The highest BCUT2D eigenvalue weighted by molar-refractivity contribution is 6.30. The van der Waals surface area contributed by atoms with Crippen LogP contribution in [0, 0.1) is 0 Å². The average Bonchev–Trinajstić information content (AvgIpc) is 2.12. The zero-order valence-electron chi connectivity index (χ0n) is 8.63. The van der Waals surface area contributed by atoms with Crippen LogP contribution in [-0.4, -0.2) is 24.1 Å². The maximum atomic E-state index is 5.87. The summed E-state index contributed by atoms with van der Waals surface area (Å²) in [6.45, 7) is 5.26. The smallest absolute Gasteiger partial charge is 0.152 e. The van der Waals surface area contributed by atoms with Crippen LogP contribution in [0.3, 0.4) is 0 Å². The van der Waals surface area contributed by atoms with Crippen molar-refractivity contribution in [3.63, 3.8) is 0 Å². The molecule has 1 aliphatic heterocycles.